The Bertz CT molecular complexity index is 511. The van der Waals surface area contributed by atoms with E-state index in [9.17, 15) is 0 Å². The molecule has 0 amide bonds. The van der Waals surface area contributed by atoms with Gasteiger partial charge in [0.05, 0.1) is 0 Å². The summed E-state index contributed by atoms with van der Waals surface area (Å²) in [6.45, 7) is 11.4. The van der Waals surface area contributed by atoms with Crippen molar-refractivity contribution in [3.8, 4) is 0 Å². The minimum absolute atomic E-state index is 0.590. The Morgan fingerprint density at radius 2 is 1.84 bits per heavy atom. The molecule has 104 valence electrons. The Balaban J connectivity index is 2.12. The van der Waals surface area contributed by atoms with Gasteiger partial charge in [-0.15, -0.1) is 0 Å². The number of fused-ring (bicyclic) bond motifs is 1. The van der Waals surface area contributed by atoms with Gasteiger partial charge >= 0.3 is 0 Å². The van der Waals surface area contributed by atoms with E-state index in [1.54, 1.807) is 0 Å². The first kappa shape index (κ1) is 14.1. The summed E-state index contributed by atoms with van der Waals surface area (Å²) >= 11 is 0. The average molecular weight is 258 g/mol. The number of hydrogen-bond acceptors (Lipinski definition) is 1. The summed E-state index contributed by atoms with van der Waals surface area (Å²) in [5.74, 6) is 0.768. The van der Waals surface area contributed by atoms with Crippen LogP contribution in [-0.4, -0.2) is 22.5 Å². The Labute approximate surface area is 116 Å². The van der Waals surface area contributed by atoms with E-state index in [-0.39, 0.29) is 0 Å². The van der Waals surface area contributed by atoms with Crippen molar-refractivity contribution in [3.05, 3.63) is 36.0 Å². The minimum Gasteiger partial charge on any atom is -0.361 e. The summed E-state index contributed by atoms with van der Waals surface area (Å²) in [4.78, 5) is 5.94. The first-order valence-corrected chi connectivity index (χ1v) is 7.37. The van der Waals surface area contributed by atoms with E-state index < -0.39 is 0 Å². The molecule has 0 atom stereocenters. The van der Waals surface area contributed by atoms with Crippen molar-refractivity contribution in [2.24, 2.45) is 5.92 Å². The molecule has 0 radical (unpaired) electrons. The molecule has 0 aliphatic rings. The SMILES string of the molecule is CC(C)CCN(Cc1c[nH]c2ccccc12)C(C)C. The smallest absolute Gasteiger partial charge is 0.0457 e. The molecule has 1 aromatic carbocycles. The molecule has 0 aliphatic carbocycles. The predicted molar refractivity (Wildman–Crippen MR) is 83.3 cm³/mol. The van der Waals surface area contributed by atoms with Crippen molar-refractivity contribution in [1.29, 1.82) is 0 Å². The van der Waals surface area contributed by atoms with Crippen LogP contribution in [0.2, 0.25) is 0 Å². The number of hydrogen-bond donors (Lipinski definition) is 1. The largest absolute Gasteiger partial charge is 0.361 e. The van der Waals surface area contributed by atoms with Gasteiger partial charge in [-0.05, 0) is 44.4 Å². The van der Waals surface area contributed by atoms with Gasteiger partial charge in [0.2, 0.25) is 0 Å². The molecular formula is C17H26N2. The Morgan fingerprint density at radius 3 is 2.53 bits per heavy atom. The molecule has 0 saturated heterocycles. The molecule has 1 heterocycles. The molecule has 19 heavy (non-hydrogen) atoms. The lowest BCUT2D eigenvalue weighted by atomic mass is 10.1. The maximum Gasteiger partial charge on any atom is 0.0457 e. The summed E-state index contributed by atoms with van der Waals surface area (Å²) in [6, 6.07) is 9.15. The van der Waals surface area contributed by atoms with Gasteiger partial charge in [0.15, 0.2) is 0 Å². The first-order chi connectivity index (χ1) is 9.08. The van der Waals surface area contributed by atoms with E-state index in [0.29, 0.717) is 6.04 Å². The number of aromatic nitrogens is 1. The molecule has 0 spiro atoms. The predicted octanol–water partition coefficient (Wildman–Crippen LogP) is 4.42. The van der Waals surface area contributed by atoms with Gasteiger partial charge in [0.1, 0.15) is 0 Å². The monoisotopic (exact) mass is 258 g/mol. The van der Waals surface area contributed by atoms with Gasteiger partial charge in [-0.25, -0.2) is 0 Å². The summed E-state index contributed by atoms with van der Waals surface area (Å²) in [7, 11) is 0. The number of para-hydroxylation sites is 1. The third-order valence-corrected chi connectivity index (χ3v) is 3.77. The van der Waals surface area contributed by atoms with Crippen molar-refractivity contribution < 1.29 is 0 Å². The molecule has 2 rings (SSSR count). The number of nitrogens with one attached hydrogen (secondary N) is 1. The van der Waals surface area contributed by atoms with Crippen LogP contribution in [-0.2, 0) is 6.54 Å². The zero-order chi connectivity index (χ0) is 13.8. The van der Waals surface area contributed by atoms with Gasteiger partial charge < -0.3 is 4.98 Å². The van der Waals surface area contributed by atoms with Crippen LogP contribution in [0.4, 0.5) is 0 Å². The van der Waals surface area contributed by atoms with Crippen molar-refractivity contribution in [3.63, 3.8) is 0 Å². The minimum atomic E-state index is 0.590. The van der Waals surface area contributed by atoms with E-state index >= 15 is 0 Å². The number of nitrogens with zero attached hydrogens (tertiary/aromatic N) is 1. The van der Waals surface area contributed by atoms with Crippen LogP contribution in [0.15, 0.2) is 30.5 Å². The van der Waals surface area contributed by atoms with Gasteiger partial charge in [-0.3, -0.25) is 4.90 Å². The topological polar surface area (TPSA) is 19.0 Å². The zero-order valence-corrected chi connectivity index (χ0v) is 12.6. The van der Waals surface area contributed by atoms with Crippen molar-refractivity contribution in [1.82, 2.24) is 9.88 Å². The second kappa shape index (κ2) is 6.25. The van der Waals surface area contributed by atoms with E-state index in [4.69, 9.17) is 0 Å². The van der Waals surface area contributed by atoms with Crippen LogP contribution >= 0.6 is 0 Å². The normalized spacial score (nSPS) is 12.2. The van der Waals surface area contributed by atoms with Gasteiger partial charge in [-0.1, -0.05) is 32.0 Å². The van der Waals surface area contributed by atoms with Crippen molar-refractivity contribution in [2.45, 2.75) is 46.7 Å². The Morgan fingerprint density at radius 1 is 1.11 bits per heavy atom. The highest BCUT2D eigenvalue weighted by atomic mass is 15.1. The van der Waals surface area contributed by atoms with Crippen LogP contribution in [0.25, 0.3) is 10.9 Å². The van der Waals surface area contributed by atoms with E-state index in [1.165, 1.54) is 29.4 Å². The molecular weight excluding hydrogens is 232 g/mol. The molecule has 1 N–H and O–H groups in total. The average Bonchev–Trinajstić information content (AvgIpc) is 2.77. The van der Waals surface area contributed by atoms with Gasteiger partial charge in [-0.2, -0.15) is 0 Å². The van der Waals surface area contributed by atoms with Crippen LogP contribution in [0.3, 0.4) is 0 Å². The molecule has 2 heteroatoms. The summed E-state index contributed by atoms with van der Waals surface area (Å²) in [6.07, 6.45) is 3.43. The molecule has 0 bridgehead atoms. The second-order valence-corrected chi connectivity index (χ2v) is 6.11. The summed E-state index contributed by atoms with van der Waals surface area (Å²) in [5.41, 5.74) is 2.65. The van der Waals surface area contributed by atoms with Gasteiger partial charge in [0.25, 0.3) is 0 Å². The van der Waals surface area contributed by atoms with Crippen LogP contribution in [0, 0.1) is 5.92 Å². The number of aromatic amines is 1. The molecule has 0 unspecified atom stereocenters. The van der Waals surface area contributed by atoms with E-state index in [1.807, 2.05) is 0 Å². The van der Waals surface area contributed by atoms with Crippen LogP contribution < -0.4 is 0 Å². The summed E-state index contributed by atoms with van der Waals surface area (Å²) < 4.78 is 0. The standard InChI is InChI=1S/C17H26N2/c1-13(2)9-10-19(14(3)4)12-15-11-18-17-8-6-5-7-16(15)17/h5-8,11,13-14,18H,9-10,12H2,1-4H3. The fourth-order valence-corrected chi connectivity index (χ4v) is 2.43. The molecule has 0 aliphatic heterocycles. The van der Waals surface area contributed by atoms with Crippen LogP contribution in [0.1, 0.15) is 39.7 Å². The lowest BCUT2D eigenvalue weighted by molar-refractivity contribution is 0.202. The second-order valence-electron chi connectivity index (χ2n) is 6.11. The van der Waals surface area contributed by atoms with Crippen LogP contribution in [0.5, 0.6) is 0 Å². The molecule has 1 aromatic heterocycles. The molecule has 2 aromatic rings. The quantitative estimate of drug-likeness (QED) is 0.812. The highest BCUT2D eigenvalue weighted by Gasteiger charge is 2.13. The molecule has 0 fully saturated rings. The Hall–Kier alpha value is -1.28. The lowest BCUT2D eigenvalue weighted by Gasteiger charge is -2.27. The maximum absolute atomic E-state index is 3.37. The highest BCUT2D eigenvalue weighted by molar-refractivity contribution is 5.82. The third kappa shape index (κ3) is 3.60. The first-order valence-electron chi connectivity index (χ1n) is 7.37. The van der Waals surface area contributed by atoms with Crippen molar-refractivity contribution in [2.75, 3.05) is 6.54 Å². The highest BCUT2D eigenvalue weighted by Crippen LogP contribution is 2.20. The molecule has 2 nitrogen and oxygen atoms in total. The summed E-state index contributed by atoms with van der Waals surface area (Å²) in [5, 5.41) is 1.36. The third-order valence-electron chi connectivity index (χ3n) is 3.77. The number of H-pyrrole nitrogens is 1. The maximum atomic E-state index is 3.37. The van der Waals surface area contributed by atoms with Crippen molar-refractivity contribution >= 4 is 10.9 Å². The Kier molecular flexibility index (Phi) is 4.65. The zero-order valence-electron chi connectivity index (χ0n) is 12.6. The number of rotatable bonds is 6. The fourth-order valence-electron chi connectivity index (χ4n) is 2.43. The van der Waals surface area contributed by atoms with E-state index in [0.717, 1.165) is 12.5 Å². The molecule has 0 saturated carbocycles. The lowest BCUT2D eigenvalue weighted by Crippen LogP contribution is -2.31. The van der Waals surface area contributed by atoms with E-state index in [2.05, 4.69) is 68.0 Å². The fraction of sp³-hybridized carbons (Fsp3) is 0.529. The number of benzene rings is 1. The van der Waals surface area contributed by atoms with Gasteiger partial charge in [0, 0.05) is 29.7 Å².